The summed E-state index contributed by atoms with van der Waals surface area (Å²) < 4.78 is 11.0. The van der Waals surface area contributed by atoms with Crippen molar-refractivity contribution in [3.8, 4) is 0 Å². The summed E-state index contributed by atoms with van der Waals surface area (Å²) in [6.45, 7) is 3.39. The van der Waals surface area contributed by atoms with E-state index < -0.39 is 74.2 Å². The third-order valence-corrected chi connectivity index (χ3v) is 11.0. The summed E-state index contributed by atoms with van der Waals surface area (Å²) in [4.78, 5) is 13.0. The van der Waals surface area contributed by atoms with E-state index in [0.717, 1.165) is 38.5 Å². The van der Waals surface area contributed by atoms with Crippen LogP contribution in [0.25, 0.3) is 0 Å². The summed E-state index contributed by atoms with van der Waals surface area (Å²) in [5.41, 5.74) is 0. The monoisotopic (exact) mass is 800 g/mol. The highest BCUT2D eigenvalue weighted by atomic mass is 16.7. The Morgan fingerprint density at radius 2 is 1.07 bits per heavy atom. The highest BCUT2D eigenvalue weighted by Gasteiger charge is 2.44. The number of unbranched alkanes of at least 4 members (excludes halogenated alkanes) is 21. The Balaban J connectivity index is 2.48. The van der Waals surface area contributed by atoms with Gasteiger partial charge in [-0.15, -0.1) is 0 Å². The number of nitrogens with one attached hydrogen (secondary N) is 1. The molecule has 0 aromatic carbocycles. The van der Waals surface area contributed by atoms with Gasteiger partial charge in [0, 0.05) is 0 Å². The highest BCUT2D eigenvalue weighted by Crippen LogP contribution is 2.23. The highest BCUT2D eigenvalue weighted by molar-refractivity contribution is 5.80. The van der Waals surface area contributed by atoms with Crippen LogP contribution >= 0.6 is 0 Å². The summed E-state index contributed by atoms with van der Waals surface area (Å²) in [5.74, 6) is -0.713. The molecule has 330 valence electrons. The van der Waals surface area contributed by atoms with Gasteiger partial charge >= 0.3 is 0 Å². The molecule has 0 radical (unpaired) electrons. The molecule has 11 nitrogen and oxygen atoms in total. The standard InChI is InChI=1S/C45H85NO10/c1-3-5-7-9-11-13-15-16-17-18-19-20-21-22-23-25-26-28-30-32-37(48)40(50)36(35-55-45-43(53)42(52)41(51)39(34-47)56-45)46-44(54)38(49)33-31-29-27-24-14-12-10-8-6-4-2/h20-21,25-26,36-43,45,47-53H,3-19,22-24,27-35H2,1-2H3,(H,46,54)/b21-20+,26-25+. The van der Waals surface area contributed by atoms with E-state index in [9.17, 15) is 40.5 Å². The van der Waals surface area contributed by atoms with Gasteiger partial charge in [-0.1, -0.05) is 160 Å². The zero-order valence-corrected chi connectivity index (χ0v) is 35.4. The molecule has 0 aromatic rings. The number of amides is 1. The van der Waals surface area contributed by atoms with Crippen LogP contribution in [0, 0.1) is 0 Å². The Hall–Kier alpha value is -1.41. The van der Waals surface area contributed by atoms with Gasteiger partial charge in [0.2, 0.25) is 5.91 Å². The van der Waals surface area contributed by atoms with Gasteiger partial charge in [-0.3, -0.25) is 4.79 Å². The maximum absolute atomic E-state index is 13.0. The fraction of sp³-hybridized carbons (Fsp3) is 0.889. The first-order valence-electron chi connectivity index (χ1n) is 22.7. The van der Waals surface area contributed by atoms with Crippen LogP contribution in [0.3, 0.4) is 0 Å². The maximum atomic E-state index is 13.0. The molecule has 1 fully saturated rings. The molecule has 0 spiro atoms. The Morgan fingerprint density at radius 1 is 0.607 bits per heavy atom. The molecule has 0 saturated carbocycles. The van der Waals surface area contributed by atoms with Crippen LogP contribution in [0.2, 0.25) is 0 Å². The quantitative estimate of drug-likeness (QED) is 0.0239. The van der Waals surface area contributed by atoms with Crippen molar-refractivity contribution >= 4 is 5.91 Å². The molecule has 56 heavy (non-hydrogen) atoms. The molecule has 1 amide bonds. The number of aliphatic hydroxyl groups is 7. The largest absolute Gasteiger partial charge is 0.394 e. The molecule has 0 aliphatic carbocycles. The lowest BCUT2D eigenvalue weighted by Crippen LogP contribution is -2.60. The predicted octanol–water partition coefficient (Wildman–Crippen LogP) is 7.06. The molecule has 1 aliphatic rings. The molecule has 11 heteroatoms. The van der Waals surface area contributed by atoms with Gasteiger partial charge in [-0.2, -0.15) is 0 Å². The number of hydrogen-bond acceptors (Lipinski definition) is 10. The van der Waals surface area contributed by atoms with Crippen molar-refractivity contribution in [2.45, 2.75) is 242 Å². The fourth-order valence-electron chi connectivity index (χ4n) is 7.16. The van der Waals surface area contributed by atoms with Crippen LogP contribution in [0.1, 0.15) is 187 Å². The minimum atomic E-state index is -1.67. The van der Waals surface area contributed by atoms with Crippen LogP contribution < -0.4 is 5.32 Å². The van der Waals surface area contributed by atoms with Crippen molar-refractivity contribution in [1.29, 1.82) is 0 Å². The van der Waals surface area contributed by atoms with Crippen molar-refractivity contribution in [2.75, 3.05) is 13.2 Å². The van der Waals surface area contributed by atoms with E-state index in [0.29, 0.717) is 19.3 Å². The molecule has 9 atom stereocenters. The SMILES string of the molecule is CCCCCCCCCCCC/C=C/CC/C=C/CCCC(O)C(O)C(COC1OC(CO)C(O)C(O)C1O)NC(=O)C(O)CCCCCCCCCCCC. The van der Waals surface area contributed by atoms with Crippen LogP contribution in [-0.2, 0) is 14.3 Å². The topological polar surface area (TPSA) is 189 Å². The molecular weight excluding hydrogens is 714 g/mol. The fourth-order valence-corrected chi connectivity index (χ4v) is 7.16. The second-order valence-electron chi connectivity index (χ2n) is 16.1. The number of ether oxygens (including phenoxy) is 2. The number of rotatable bonds is 37. The summed E-state index contributed by atoms with van der Waals surface area (Å²) >= 11 is 0. The normalized spacial score (nSPS) is 22.5. The second-order valence-corrected chi connectivity index (χ2v) is 16.1. The number of carbonyl (C=O) groups excluding carboxylic acids is 1. The minimum Gasteiger partial charge on any atom is -0.394 e. The lowest BCUT2D eigenvalue weighted by molar-refractivity contribution is -0.303. The smallest absolute Gasteiger partial charge is 0.249 e. The average Bonchev–Trinajstić information content (AvgIpc) is 3.20. The first-order valence-corrected chi connectivity index (χ1v) is 22.7. The van der Waals surface area contributed by atoms with Crippen LogP contribution in [-0.4, -0.2) is 110 Å². The first kappa shape index (κ1) is 52.6. The molecule has 1 heterocycles. The number of hydrogen-bond donors (Lipinski definition) is 8. The lowest BCUT2D eigenvalue weighted by Gasteiger charge is -2.40. The summed E-state index contributed by atoms with van der Waals surface area (Å²) in [6.07, 6.45) is 26.7. The van der Waals surface area contributed by atoms with Gasteiger partial charge in [-0.25, -0.2) is 0 Å². The maximum Gasteiger partial charge on any atom is 0.249 e. The van der Waals surface area contributed by atoms with Crippen molar-refractivity contribution < 1.29 is 50.0 Å². The summed E-state index contributed by atoms with van der Waals surface area (Å²) in [7, 11) is 0. The lowest BCUT2D eigenvalue weighted by atomic mass is 9.98. The van der Waals surface area contributed by atoms with E-state index in [1.807, 2.05) is 0 Å². The van der Waals surface area contributed by atoms with Gasteiger partial charge in [0.15, 0.2) is 6.29 Å². The van der Waals surface area contributed by atoms with Gasteiger partial charge < -0.3 is 50.5 Å². The summed E-state index contributed by atoms with van der Waals surface area (Å²) in [5, 5.41) is 75.4. The molecule has 8 N–H and O–H groups in total. The van der Waals surface area contributed by atoms with E-state index in [1.165, 1.54) is 103 Å². The Kier molecular flexibility index (Phi) is 33.4. The number of aliphatic hydroxyl groups excluding tert-OH is 7. The minimum absolute atomic E-state index is 0.248. The van der Waals surface area contributed by atoms with E-state index >= 15 is 0 Å². The third-order valence-electron chi connectivity index (χ3n) is 11.0. The Morgan fingerprint density at radius 3 is 1.59 bits per heavy atom. The van der Waals surface area contributed by atoms with E-state index in [2.05, 4.69) is 43.5 Å². The van der Waals surface area contributed by atoms with Gasteiger partial charge in [0.1, 0.15) is 36.6 Å². The average molecular weight is 800 g/mol. The van der Waals surface area contributed by atoms with E-state index in [-0.39, 0.29) is 12.8 Å². The Bertz CT molecular complexity index is 965. The van der Waals surface area contributed by atoms with Crippen molar-refractivity contribution in [3.63, 3.8) is 0 Å². The van der Waals surface area contributed by atoms with Crippen LogP contribution in [0.15, 0.2) is 24.3 Å². The number of allylic oxidation sites excluding steroid dienone is 4. The molecule has 1 aliphatic heterocycles. The second kappa shape index (κ2) is 35.5. The van der Waals surface area contributed by atoms with Crippen molar-refractivity contribution in [2.24, 2.45) is 0 Å². The predicted molar refractivity (Wildman–Crippen MR) is 224 cm³/mol. The molecule has 9 unspecified atom stereocenters. The number of carbonyl (C=O) groups is 1. The van der Waals surface area contributed by atoms with Crippen LogP contribution in [0.5, 0.6) is 0 Å². The summed E-state index contributed by atoms with van der Waals surface area (Å²) in [6, 6.07) is -1.19. The molecule has 0 aromatic heterocycles. The van der Waals surface area contributed by atoms with Crippen molar-refractivity contribution in [1.82, 2.24) is 5.32 Å². The molecule has 1 saturated heterocycles. The Labute approximate surface area is 340 Å². The van der Waals surface area contributed by atoms with Crippen molar-refractivity contribution in [3.05, 3.63) is 24.3 Å². The van der Waals surface area contributed by atoms with E-state index in [4.69, 9.17) is 9.47 Å². The van der Waals surface area contributed by atoms with Gasteiger partial charge in [0.25, 0.3) is 0 Å². The zero-order valence-electron chi connectivity index (χ0n) is 35.4. The van der Waals surface area contributed by atoms with E-state index in [1.54, 1.807) is 0 Å². The molecular formula is C45H85NO10. The van der Waals surface area contributed by atoms with Crippen LogP contribution in [0.4, 0.5) is 0 Å². The third kappa shape index (κ3) is 25.2. The molecule has 1 rings (SSSR count). The molecule has 0 bridgehead atoms. The van der Waals surface area contributed by atoms with Gasteiger partial charge in [-0.05, 0) is 51.4 Å². The first-order chi connectivity index (χ1) is 27.2. The zero-order chi connectivity index (χ0) is 41.2. The van der Waals surface area contributed by atoms with Gasteiger partial charge in [0.05, 0.1) is 25.4 Å².